The van der Waals surface area contributed by atoms with Gasteiger partial charge >= 0.3 is 0 Å². The lowest BCUT2D eigenvalue weighted by Crippen LogP contribution is -2.32. The third-order valence-corrected chi connectivity index (χ3v) is 3.40. The fourth-order valence-electron chi connectivity index (χ4n) is 2.22. The third kappa shape index (κ3) is 3.37. The van der Waals surface area contributed by atoms with Gasteiger partial charge in [0.2, 0.25) is 5.91 Å². The van der Waals surface area contributed by atoms with Crippen molar-refractivity contribution in [2.45, 2.75) is 13.0 Å². The van der Waals surface area contributed by atoms with E-state index in [2.05, 4.69) is 20.6 Å². The van der Waals surface area contributed by atoms with Crippen LogP contribution in [0.2, 0.25) is 0 Å². The van der Waals surface area contributed by atoms with Crippen molar-refractivity contribution in [2.24, 2.45) is 0 Å². The Balaban J connectivity index is 1.75. The number of phenols is 1. The molecule has 0 radical (unpaired) electrons. The van der Waals surface area contributed by atoms with Gasteiger partial charge < -0.3 is 15.7 Å². The van der Waals surface area contributed by atoms with E-state index in [9.17, 15) is 9.90 Å². The Morgan fingerprint density at radius 1 is 1.13 bits per heavy atom. The summed E-state index contributed by atoms with van der Waals surface area (Å²) in [6, 6.07) is 13.5. The van der Waals surface area contributed by atoms with Crippen molar-refractivity contribution in [1.82, 2.24) is 9.97 Å². The normalized spacial score (nSPS) is 11.9. The molecule has 116 valence electrons. The number of hydrogen-bond donors (Lipinski definition) is 3. The highest BCUT2D eigenvalue weighted by Gasteiger charge is 2.15. The molecule has 1 heterocycles. The Morgan fingerprint density at radius 2 is 1.96 bits per heavy atom. The molecule has 6 heteroatoms. The first-order chi connectivity index (χ1) is 11.1. The van der Waals surface area contributed by atoms with Crippen molar-refractivity contribution in [2.75, 3.05) is 10.6 Å². The summed E-state index contributed by atoms with van der Waals surface area (Å²) in [6.07, 6.45) is 1.46. The van der Waals surface area contributed by atoms with Crippen LogP contribution in [0, 0.1) is 0 Å². The highest BCUT2D eigenvalue weighted by Crippen LogP contribution is 2.20. The number of phenolic OH excluding ortho intramolecular Hbond substituents is 1. The Hall–Kier alpha value is -3.15. The molecule has 1 aromatic heterocycles. The van der Waals surface area contributed by atoms with Gasteiger partial charge in [-0.05, 0) is 31.2 Å². The monoisotopic (exact) mass is 308 g/mol. The summed E-state index contributed by atoms with van der Waals surface area (Å²) >= 11 is 0. The zero-order valence-corrected chi connectivity index (χ0v) is 12.5. The summed E-state index contributed by atoms with van der Waals surface area (Å²) in [5, 5.41) is 16.1. The average molecular weight is 308 g/mol. The van der Waals surface area contributed by atoms with Gasteiger partial charge in [-0.2, -0.15) is 0 Å². The van der Waals surface area contributed by atoms with E-state index >= 15 is 0 Å². The first kappa shape index (κ1) is 14.8. The summed E-state index contributed by atoms with van der Waals surface area (Å²) in [7, 11) is 0. The molecule has 23 heavy (non-hydrogen) atoms. The molecule has 0 aliphatic carbocycles. The predicted molar refractivity (Wildman–Crippen MR) is 89.4 cm³/mol. The largest absolute Gasteiger partial charge is 0.508 e. The third-order valence-electron chi connectivity index (χ3n) is 3.40. The molecule has 2 aromatic carbocycles. The number of nitrogens with zero attached hydrogens (tertiary/aromatic N) is 2. The van der Waals surface area contributed by atoms with Crippen molar-refractivity contribution in [3.05, 3.63) is 54.9 Å². The number of carbonyl (C=O) groups excluding carboxylic acids is 1. The molecule has 0 bridgehead atoms. The van der Waals surface area contributed by atoms with Gasteiger partial charge in [-0.25, -0.2) is 9.97 Å². The molecule has 1 unspecified atom stereocenters. The number of amides is 1. The zero-order chi connectivity index (χ0) is 16.2. The molecule has 0 fully saturated rings. The van der Waals surface area contributed by atoms with Crippen LogP contribution in [-0.4, -0.2) is 27.0 Å². The van der Waals surface area contributed by atoms with E-state index < -0.39 is 6.04 Å². The van der Waals surface area contributed by atoms with Gasteiger partial charge in [-0.1, -0.05) is 18.2 Å². The molecule has 3 N–H and O–H groups in total. The topological polar surface area (TPSA) is 87.1 Å². The van der Waals surface area contributed by atoms with E-state index in [1.54, 1.807) is 25.1 Å². The molecule has 1 amide bonds. The van der Waals surface area contributed by atoms with E-state index in [0.717, 1.165) is 10.9 Å². The molecule has 0 saturated heterocycles. The van der Waals surface area contributed by atoms with Gasteiger partial charge in [0.1, 0.15) is 23.9 Å². The van der Waals surface area contributed by atoms with E-state index in [0.29, 0.717) is 11.5 Å². The fourth-order valence-corrected chi connectivity index (χ4v) is 2.22. The molecule has 0 aliphatic rings. The van der Waals surface area contributed by atoms with Crippen LogP contribution in [0.4, 0.5) is 11.5 Å². The van der Waals surface area contributed by atoms with E-state index in [4.69, 9.17) is 0 Å². The zero-order valence-electron chi connectivity index (χ0n) is 12.5. The maximum Gasteiger partial charge on any atom is 0.246 e. The van der Waals surface area contributed by atoms with Crippen LogP contribution in [0.1, 0.15) is 6.92 Å². The second kappa shape index (κ2) is 6.31. The Bertz CT molecular complexity index is 845. The number of aromatic nitrogens is 2. The first-order valence-electron chi connectivity index (χ1n) is 7.19. The van der Waals surface area contributed by atoms with Gasteiger partial charge in [0, 0.05) is 17.1 Å². The number of para-hydroxylation sites is 1. The molecule has 0 aliphatic heterocycles. The lowest BCUT2D eigenvalue weighted by atomic mass is 10.2. The van der Waals surface area contributed by atoms with Crippen LogP contribution in [0.5, 0.6) is 5.75 Å². The molecule has 1 atom stereocenters. The summed E-state index contributed by atoms with van der Waals surface area (Å²) < 4.78 is 0. The van der Waals surface area contributed by atoms with Crippen LogP contribution < -0.4 is 10.6 Å². The van der Waals surface area contributed by atoms with Crippen LogP contribution in [-0.2, 0) is 4.79 Å². The minimum absolute atomic E-state index is 0.102. The maximum atomic E-state index is 12.3. The standard InChI is InChI=1S/C17H16N4O2/c1-11(17(23)21-12-5-4-6-13(22)9-12)20-16-14-7-2-3-8-15(14)18-10-19-16/h2-11,22H,1H3,(H,21,23)(H,18,19,20). The molecule has 0 saturated carbocycles. The van der Waals surface area contributed by atoms with Gasteiger partial charge in [-0.3, -0.25) is 4.79 Å². The second-order valence-corrected chi connectivity index (χ2v) is 5.15. The summed E-state index contributed by atoms with van der Waals surface area (Å²) in [6.45, 7) is 1.75. The van der Waals surface area contributed by atoms with Gasteiger partial charge in [0.15, 0.2) is 0 Å². The van der Waals surface area contributed by atoms with Crippen molar-refractivity contribution in [1.29, 1.82) is 0 Å². The van der Waals surface area contributed by atoms with E-state index in [-0.39, 0.29) is 11.7 Å². The van der Waals surface area contributed by atoms with Crippen LogP contribution >= 0.6 is 0 Å². The lowest BCUT2D eigenvalue weighted by molar-refractivity contribution is -0.116. The van der Waals surface area contributed by atoms with Crippen molar-refractivity contribution < 1.29 is 9.90 Å². The van der Waals surface area contributed by atoms with Gasteiger partial charge in [0.05, 0.1) is 5.52 Å². The number of hydrogen-bond acceptors (Lipinski definition) is 5. The quantitative estimate of drug-likeness (QED) is 0.690. The van der Waals surface area contributed by atoms with Gasteiger partial charge in [-0.15, -0.1) is 0 Å². The number of rotatable bonds is 4. The Kier molecular flexibility index (Phi) is 4.05. The van der Waals surface area contributed by atoms with E-state index in [1.165, 1.54) is 12.4 Å². The highest BCUT2D eigenvalue weighted by molar-refractivity contribution is 5.98. The lowest BCUT2D eigenvalue weighted by Gasteiger charge is -2.15. The summed E-state index contributed by atoms with van der Waals surface area (Å²) in [4.78, 5) is 20.7. The number of benzene rings is 2. The predicted octanol–water partition coefficient (Wildman–Crippen LogP) is 2.77. The molecule has 6 nitrogen and oxygen atoms in total. The number of aromatic hydroxyl groups is 1. The Morgan fingerprint density at radius 3 is 2.78 bits per heavy atom. The van der Waals surface area contributed by atoms with E-state index in [1.807, 2.05) is 24.3 Å². The smallest absolute Gasteiger partial charge is 0.246 e. The van der Waals surface area contributed by atoms with Crippen molar-refractivity contribution >= 4 is 28.3 Å². The van der Waals surface area contributed by atoms with Crippen LogP contribution in [0.25, 0.3) is 10.9 Å². The molecule has 3 aromatic rings. The number of carbonyl (C=O) groups is 1. The Labute approximate surface area is 133 Å². The number of nitrogens with one attached hydrogen (secondary N) is 2. The van der Waals surface area contributed by atoms with Crippen LogP contribution in [0.15, 0.2) is 54.9 Å². The van der Waals surface area contributed by atoms with Crippen molar-refractivity contribution in [3.8, 4) is 5.75 Å². The molecule has 0 spiro atoms. The average Bonchev–Trinajstić information content (AvgIpc) is 2.55. The molecule has 3 rings (SSSR count). The van der Waals surface area contributed by atoms with Crippen LogP contribution in [0.3, 0.4) is 0 Å². The maximum absolute atomic E-state index is 12.3. The first-order valence-corrected chi connectivity index (χ1v) is 7.19. The fraction of sp³-hybridized carbons (Fsp3) is 0.118. The minimum Gasteiger partial charge on any atom is -0.508 e. The summed E-state index contributed by atoms with van der Waals surface area (Å²) in [5.74, 6) is 0.484. The highest BCUT2D eigenvalue weighted by atomic mass is 16.3. The molecular weight excluding hydrogens is 292 g/mol. The summed E-state index contributed by atoms with van der Waals surface area (Å²) in [5.41, 5.74) is 1.35. The molecular formula is C17H16N4O2. The number of anilines is 2. The van der Waals surface area contributed by atoms with Gasteiger partial charge in [0.25, 0.3) is 0 Å². The minimum atomic E-state index is -0.504. The second-order valence-electron chi connectivity index (χ2n) is 5.15. The van der Waals surface area contributed by atoms with Crippen molar-refractivity contribution in [3.63, 3.8) is 0 Å². The SMILES string of the molecule is CC(Nc1ncnc2ccccc12)C(=O)Nc1cccc(O)c1. The number of fused-ring (bicyclic) bond motifs is 1.